The molecule has 1 saturated heterocycles. The molecule has 0 aliphatic carbocycles. The minimum atomic E-state index is 0.271. The number of nitrogen functional groups attached to an aromatic ring is 1. The summed E-state index contributed by atoms with van der Waals surface area (Å²) in [5.41, 5.74) is 6.34. The van der Waals surface area contributed by atoms with Crippen LogP contribution in [-0.4, -0.2) is 38.3 Å². The predicted octanol–water partition coefficient (Wildman–Crippen LogP) is 0.970. The van der Waals surface area contributed by atoms with Gasteiger partial charge in [0.15, 0.2) is 11.5 Å². The molecular formula is C11H16N2O2. The average molecular weight is 208 g/mol. The Morgan fingerprint density at radius 2 is 2.07 bits per heavy atom. The van der Waals surface area contributed by atoms with Crippen LogP contribution in [0.2, 0.25) is 0 Å². The second-order valence-corrected chi connectivity index (χ2v) is 3.87. The molecule has 15 heavy (non-hydrogen) atoms. The third-order valence-corrected chi connectivity index (χ3v) is 2.51. The van der Waals surface area contributed by atoms with Crippen molar-refractivity contribution in [3.8, 4) is 11.5 Å². The van der Waals surface area contributed by atoms with Gasteiger partial charge in [-0.3, -0.25) is 4.90 Å². The number of ether oxygens (including phenoxy) is 2. The molecule has 1 fully saturated rings. The highest BCUT2D eigenvalue weighted by Crippen LogP contribution is 2.30. The van der Waals surface area contributed by atoms with Crippen molar-refractivity contribution in [2.45, 2.75) is 6.10 Å². The van der Waals surface area contributed by atoms with Crippen LogP contribution in [0, 0.1) is 0 Å². The van der Waals surface area contributed by atoms with Gasteiger partial charge in [-0.25, -0.2) is 0 Å². The number of likely N-dealkylation sites (tertiary alicyclic amines) is 1. The fourth-order valence-corrected chi connectivity index (χ4v) is 1.68. The molecule has 82 valence electrons. The summed E-state index contributed by atoms with van der Waals surface area (Å²) in [6.45, 7) is 1.93. The predicted molar refractivity (Wildman–Crippen MR) is 59.3 cm³/mol. The molecule has 1 aromatic rings. The number of methoxy groups -OCH3 is 1. The van der Waals surface area contributed by atoms with Gasteiger partial charge in [0.05, 0.1) is 7.11 Å². The highest BCUT2D eigenvalue weighted by atomic mass is 16.5. The maximum Gasteiger partial charge on any atom is 0.162 e. The second-order valence-electron chi connectivity index (χ2n) is 3.87. The Morgan fingerprint density at radius 3 is 2.67 bits per heavy atom. The van der Waals surface area contributed by atoms with Gasteiger partial charge in [-0.2, -0.15) is 0 Å². The fourth-order valence-electron chi connectivity index (χ4n) is 1.68. The van der Waals surface area contributed by atoms with Gasteiger partial charge >= 0.3 is 0 Å². The van der Waals surface area contributed by atoms with Gasteiger partial charge < -0.3 is 15.2 Å². The quantitative estimate of drug-likeness (QED) is 0.752. The van der Waals surface area contributed by atoms with E-state index >= 15 is 0 Å². The van der Waals surface area contributed by atoms with E-state index in [1.54, 1.807) is 13.2 Å². The molecule has 0 unspecified atom stereocenters. The van der Waals surface area contributed by atoms with E-state index in [9.17, 15) is 0 Å². The van der Waals surface area contributed by atoms with Crippen LogP contribution < -0.4 is 15.2 Å². The summed E-state index contributed by atoms with van der Waals surface area (Å²) >= 11 is 0. The summed E-state index contributed by atoms with van der Waals surface area (Å²) in [5.74, 6) is 1.47. The third kappa shape index (κ3) is 2.15. The molecule has 0 amide bonds. The molecular weight excluding hydrogens is 192 g/mol. The van der Waals surface area contributed by atoms with E-state index < -0.39 is 0 Å². The minimum Gasteiger partial charge on any atom is -0.493 e. The second kappa shape index (κ2) is 3.98. The number of benzene rings is 1. The lowest BCUT2D eigenvalue weighted by Gasteiger charge is -2.36. The van der Waals surface area contributed by atoms with Crippen LogP contribution in [0.3, 0.4) is 0 Å². The molecule has 1 heterocycles. The van der Waals surface area contributed by atoms with Gasteiger partial charge in [0.2, 0.25) is 0 Å². The molecule has 4 heteroatoms. The Hall–Kier alpha value is -1.42. The van der Waals surface area contributed by atoms with Crippen molar-refractivity contribution in [3.05, 3.63) is 18.2 Å². The number of nitrogens with two attached hydrogens (primary N) is 1. The Kier molecular flexibility index (Phi) is 2.68. The summed E-state index contributed by atoms with van der Waals surface area (Å²) < 4.78 is 11.0. The maximum atomic E-state index is 5.78. The molecule has 0 saturated carbocycles. The smallest absolute Gasteiger partial charge is 0.162 e. The minimum absolute atomic E-state index is 0.271. The average Bonchev–Trinajstić information content (AvgIpc) is 2.18. The standard InChI is InChI=1S/C11H16N2O2/c1-13-6-9(7-13)15-10-4-3-8(12)5-11(10)14-2/h3-5,9H,6-7,12H2,1-2H3. The monoisotopic (exact) mass is 208 g/mol. The number of nitrogens with zero attached hydrogens (tertiary/aromatic N) is 1. The van der Waals surface area contributed by atoms with Crippen molar-refractivity contribution in [3.63, 3.8) is 0 Å². The molecule has 2 rings (SSSR count). The lowest BCUT2D eigenvalue weighted by Crippen LogP contribution is -2.51. The van der Waals surface area contributed by atoms with Crippen LogP contribution in [0.4, 0.5) is 5.69 Å². The van der Waals surface area contributed by atoms with Gasteiger partial charge in [-0.1, -0.05) is 0 Å². The number of anilines is 1. The first-order valence-corrected chi connectivity index (χ1v) is 4.98. The SMILES string of the molecule is COc1cc(N)ccc1OC1CN(C)C1. The Morgan fingerprint density at radius 1 is 1.33 bits per heavy atom. The summed E-state index contributed by atoms with van der Waals surface area (Å²) in [7, 11) is 3.69. The summed E-state index contributed by atoms with van der Waals surface area (Å²) in [5, 5.41) is 0. The Labute approximate surface area is 89.6 Å². The normalized spacial score (nSPS) is 17.2. The van der Waals surface area contributed by atoms with E-state index in [1.165, 1.54) is 0 Å². The van der Waals surface area contributed by atoms with E-state index in [0.717, 1.165) is 18.8 Å². The van der Waals surface area contributed by atoms with Crippen LogP contribution in [-0.2, 0) is 0 Å². The molecule has 0 spiro atoms. The molecule has 2 N–H and O–H groups in total. The van der Waals surface area contributed by atoms with E-state index in [2.05, 4.69) is 11.9 Å². The van der Waals surface area contributed by atoms with Crippen molar-refractivity contribution < 1.29 is 9.47 Å². The largest absolute Gasteiger partial charge is 0.493 e. The van der Waals surface area contributed by atoms with Crippen LogP contribution >= 0.6 is 0 Å². The first kappa shape index (κ1) is 10.1. The lowest BCUT2D eigenvalue weighted by molar-refractivity contribution is 0.0370. The van der Waals surface area contributed by atoms with Gasteiger partial charge in [0, 0.05) is 24.8 Å². The lowest BCUT2D eigenvalue weighted by atomic mass is 10.2. The number of hydrogen-bond acceptors (Lipinski definition) is 4. The van der Waals surface area contributed by atoms with Crippen LogP contribution in [0.15, 0.2) is 18.2 Å². The van der Waals surface area contributed by atoms with E-state index in [0.29, 0.717) is 11.4 Å². The molecule has 4 nitrogen and oxygen atoms in total. The van der Waals surface area contributed by atoms with Gasteiger partial charge in [0.25, 0.3) is 0 Å². The summed E-state index contributed by atoms with van der Waals surface area (Å²) in [6, 6.07) is 5.45. The fraction of sp³-hybridized carbons (Fsp3) is 0.455. The summed E-state index contributed by atoms with van der Waals surface area (Å²) in [4.78, 5) is 2.20. The zero-order valence-corrected chi connectivity index (χ0v) is 9.06. The highest BCUT2D eigenvalue weighted by Gasteiger charge is 2.25. The molecule has 1 aliphatic rings. The van der Waals surface area contributed by atoms with Crippen molar-refractivity contribution in [1.29, 1.82) is 0 Å². The molecule has 1 aromatic carbocycles. The maximum absolute atomic E-state index is 5.78. The number of likely N-dealkylation sites (N-methyl/N-ethyl adjacent to an activating group) is 1. The summed E-state index contributed by atoms with van der Waals surface area (Å²) in [6.07, 6.45) is 0.271. The molecule has 0 bridgehead atoms. The van der Waals surface area contributed by atoms with Crippen LogP contribution in [0.25, 0.3) is 0 Å². The highest BCUT2D eigenvalue weighted by molar-refractivity contribution is 5.52. The molecule has 0 radical (unpaired) electrons. The van der Waals surface area contributed by atoms with Crippen molar-refractivity contribution in [2.24, 2.45) is 0 Å². The third-order valence-electron chi connectivity index (χ3n) is 2.51. The topological polar surface area (TPSA) is 47.7 Å². The first-order valence-electron chi connectivity index (χ1n) is 4.98. The van der Waals surface area contributed by atoms with Crippen molar-refractivity contribution in [1.82, 2.24) is 4.90 Å². The van der Waals surface area contributed by atoms with E-state index in [-0.39, 0.29) is 6.10 Å². The van der Waals surface area contributed by atoms with E-state index in [4.69, 9.17) is 15.2 Å². The van der Waals surface area contributed by atoms with Gasteiger partial charge in [-0.15, -0.1) is 0 Å². The van der Waals surface area contributed by atoms with Crippen LogP contribution in [0.5, 0.6) is 11.5 Å². The van der Waals surface area contributed by atoms with Crippen molar-refractivity contribution >= 4 is 5.69 Å². The molecule has 0 aromatic heterocycles. The van der Waals surface area contributed by atoms with E-state index in [1.807, 2.05) is 12.1 Å². The van der Waals surface area contributed by atoms with Gasteiger partial charge in [-0.05, 0) is 19.2 Å². The molecule has 0 atom stereocenters. The Bertz CT molecular complexity index is 348. The van der Waals surface area contributed by atoms with Gasteiger partial charge in [0.1, 0.15) is 6.10 Å². The zero-order valence-electron chi connectivity index (χ0n) is 9.06. The van der Waals surface area contributed by atoms with Crippen molar-refractivity contribution in [2.75, 3.05) is 33.0 Å². The molecule has 1 aliphatic heterocycles. The number of rotatable bonds is 3. The zero-order chi connectivity index (χ0) is 10.8. The van der Waals surface area contributed by atoms with Crippen LogP contribution in [0.1, 0.15) is 0 Å². The first-order chi connectivity index (χ1) is 7.19. The number of hydrogen-bond donors (Lipinski definition) is 1. The Balaban J connectivity index is 2.07.